The van der Waals surface area contributed by atoms with Gasteiger partial charge in [-0.1, -0.05) is 0 Å². The van der Waals surface area contributed by atoms with Crippen LogP contribution >= 0.6 is 0 Å². The van der Waals surface area contributed by atoms with Gasteiger partial charge in [0.05, 0.1) is 30.7 Å². The molecule has 1 aliphatic rings. The molecule has 0 saturated carbocycles. The second kappa shape index (κ2) is 4.11. The number of nitrogens with zero attached hydrogens (tertiary/aromatic N) is 2. The lowest BCUT2D eigenvalue weighted by molar-refractivity contribution is 0.0576. The van der Waals surface area contributed by atoms with Crippen LogP contribution in [0, 0.1) is 0 Å². The lowest BCUT2D eigenvalue weighted by atomic mass is 10.2. The van der Waals surface area contributed by atoms with Crippen molar-refractivity contribution in [2.75, 3.05) is 18.9 Å². The van der Waals surface area contributed by atoms with E-state index in [-0.39, 0.29) is 30.3 Å². The van der Waals surface area contributed by atoms with Gasteiger partial charge in [-0.2, -0.15) is 4.98 Å². The highest BCUT2D eigenvalue weighted by Crippen LogP contribution is 2.27. The number of rotatable bonds is 2. The quantitative estimate of drug-likeness (QED) is 0.674. The molecule has 4 N–H and O–H groups in total. The highest BCUT2D eigenvalue weighted by molar-refractivity contribution is 5.76. The van der Waals surface area contributed by atoms with Crippen molar-refractivity contribution >= 4 is 17.0 Å². The largest absolute Gasteiger partial charge is 0.394 e. The molecule has 3 heterocycles. The van der Waals surface area contributed by atoms with Crippen LogP contribution in [0.4, 0.5) is 5.95 Å². The van der Waals surface area contributed by atoms with E-state index < -0.39 is 0 Å². The summed E-state index contributed by atoms with van der Waals surface area (Å²) in [5.41, 5.74) is 5.87. The minimum Gasteiger partial charge on any atom is -0.394 e. The maximum Gasteiger partial charge on any atom is 0.261 e. The van der Waals surface area contributed by atoms with E-state index in [4.69, 9.17) is 15.6 Å². The van der Waals surface area contributed by atoms with E-state index >= 15 is 0 Å². The normalized spacial score (nSPS) is 23.8. The summed E-state index contributed by atoms with van der Waals surface area (Å²) >= 11 is 0. The summed E-state index contributed by atoms with van der Waals surface area (Å²) in [4.78, 5) is 18.3. The van der Waals surface area contributed by atoms with Crippen LogP contribution in [0.15, 0.2) is 17.1 Å². The van der Waals surface area contributed by atoms with E-state index in [1.807, 2.05) is 4.57 Å². The van der Waals surface area contributed by atoms with Crippen LogP contribution < -0.4 is 11.3 Å². The number of aliphatic hydroxyl groups excluding tert-OH is 1. The summed E-state index contributed by atoms with van der Waals surface area (Å²) in [6, 6.07) is 1.79. The Bertz CT molecular complexity index is 633. The Balaban J connectivity index is 2.05. The van der Waals surface area contributed by atoms with Crippen molar-refractivity contribution in [3.8, 4) is 0 Å². The maximum atomic E-state index is 11.7. The second-order valence-electron chi connectivity index (χ2n) is 4.44. The van der Waals surface area contributed by atoms with Gasteiger partial charge in [-0.25, -0.2) is 0 Å². The lowest BCUT2D eigenvalue weighted by Crippen LogP contribution is -2.14. The molecular weight excluding hydrogens is 236 g/mol. The Morgan fingerprint density at radius 2 is 2.50 bits per heavy atom. The van der Waals surface area contributed by atoms with Gasteiger partial charge in [0.1, 0.15) is 5.65 Å². The number of aromatic amines is 1. The van der Waals surface area contributed by atoms with Gasteiger partial charge < -0.3 is 20.1 Å². The first kappa shape index (κ1) is 11.2. The summed E-state index contributed by atoms with van der Waals surface area (Å²) in [5.74, 6) is 0.102. The van der Waals surface area contributed by atoms with E-state index in [2.05, 4.69) is 9.97 Å². The highest BCUT2D eigenvalue weighted by Gasteiger charge is 2.27. The summed E-state index contributed by atoms with van der Waals surface area (Å²) < 4.78 is 7.32. The van der Waals surface area contributed by atoms with Crippen LogP contribution in [0.2, 0.25) is 0 Å². The standard InChI is InChI=1S/C11H14N4O3/c12-11-13-9-8(10(17)14-11)1-2-15(9)6-3-7(4-16)18-5-6/h1-2,6-7,16H,3-5H2,(H3,12,13,14,17)/t6-,7-/m0/s1. The molecule has 1 fully saturated rings. The molecule has 96 valence electrons. The van der Waals surface area contributed by atoms with Gasteiger partial charge in [0.15, 0.2) is 0 Å². The lowest BCUT2D eigenvalue weighted by Gasteiger charge is -2.11. The SMILES string of the molecule is Nc1nc2c(ccn2[C@@H]2CO[C@H](CO)C2)c(=O)[nH]1. The fourth-order valence-electron chi connectivity index (χ4n) is 2.36. The summed E-state index contributed by atoms with van der Waals surface area (Å²) in [6.07, 6.45) is 2.36. The van der Waals surface area contributed by atoms with Gasteiger partial charge in [0.25, 0.3) is 5.56 Å². The molecule has 0 aromatic carbocycles. The Morgan fingerprint density at radius 1 is 1.67 bits per heavy atom. The topological polar surface area (TPSA) is 106 Å². The number of hydrogen-bond acceptors (Lipinski definition) is 5. The molecule has 2 atom stereocenters. The van der Waals surface area contributed by atoms with Crippen molar-refractivity contribution in [1.82, 2.24) is 14.5 Å². The number of H-pyrrole nitrogens is 1. The molecule has 0 spiro atoms. The zero-order valence-corrected chi connectivity index (χ0v) is 9.67. The number of hydrogen-bond donors (Lipinski definition) is 3. The number of nitrogens with two attached hydrogens (primary N) is 1. The second-order valence-corrected chi connectivity index (χ2v) is 4.44. The van der Waals surface area contributed by atoms with E-state index in [9.17, 15) is 4.79 Å². The first-order valence-corrected chi connectivity index (χ1v) is 5.78. The third-order valence-electron chi connectivity index (χ3n) is 3.26. The third-order valence-corrected chi connectivity index (χ3v) is 3.26. The molecule has 7 nitrogen and oxygen atoms in total. The monoisotopic (exact) mass is 250 g/mol. The summed E-state index contributed by atoms with van der Waals surface area (Å²) in [6.45, 7) is 0.509. The van der Waals surface area contributed by atoms with Crippen molar-refractivity contribution in [2.45, 2.75) is 18.6 Å². The predicted octanol–water partition coefficient (Wildman–Crippen LogP) is -0.371. The average Bonchev–Trinajstić information content (AvgIpc) is 2.93. The first-order valence-electron chi connectivity index (χ1n) is 5.78. The summed E-state index contributed by atoms with van der Waals surface area (Å²) in [5, 5.41) is 9.57. The van der Waals surface area contributed by atoms with Crippen molar-refractivity contribution in [3.05, 3.63) is 22.6 Å². The summed E-state index contributed by atoms with van der Waals surface area (Å²) in [7, 11) is 0. The first-order chi connectivity index (χ1) is 8.69. The Hall–Kier alpha value is -1.86. The van der Waals surface area contributed by atoms with Crippen molar-refractivity contribution < 1.29 is 9.84 Å². The molecule has 0 amide bonds. The zero-order chi connectivity index (χ0) is 12.7. The van der Waals surface area contributed by atoms with E-state index in [0.717, 1.165) is 0 Å². The van der Waals surface area contributed by atoms with E-state index in [1.54, 1.807) is 12.3 Å². The molecule has 1 saturated heterocycles. The Labute approximate surface area is 102 Å². The molecule has 0 aliphatic carbocycles. The number of aliphatic hydroxyl groups is 1. The van der Waals surface area contributed by atoms with Gasteiger partial charge in [0, 0.05) is 6.20 Å². The number of ether oxygens (including phenoxy) is 1. The van der Waals surface area contributed by atoms with Gasteiger partial charge in [-0.05, 0) is 12.5 Å². The zero-order valence-electron chi connectivity index (χ0n) is 9.67. The molecule has 2 aromatic heterocycles. The van der Waals surface area contributed by atoms with Crippen LogP contribution in [0.25, 0.3) is 11.0 Å². The third kappa shape index (κ3) is 1.68. The minimum atomic E-state index is -0.242. The molecule has 18 heavy (non-hydrogen) atoms. The van der Waals surface area contributed by atoms with Crippen molar-refractivity contribution in [1.29, 1.82) is 0 Å². The van der Waals surface area contributed by atoms with E-state index in [1.165, 1.54) is 0 Å². The molecule has 1 aliphatic heterocycles. The van der Waals surface area contributed by atoms with Crippen LogP contribution in [-0.4, -0.2) is 39.0 Å². The van der Waals surface area contributed by atoms with Gasteiger partial charge >= 0.3 is 0 Å². The van der Waals surface area contributed by atoms with E-state index in [0.29, 0.717) is 24.1 Å². The molecule has 7 heteroatoms. The number of nitrogen functional groups attached to an aromatic ring is 1. The van der Waals surface area contributed by atoms with Crippen LogP contribution in [0.5, 0.6) is 0 Å². The van der Waals surface area contributed by atoms with Gasteiger partial charge in [0.2, 0.25) is 5.95 Å². The number of nitrogens with one attached hydrogen (secondary N) is 1. The van der Waals surface area contributed by atoms with Crippen molar-refractivity contribution in [2.24, 2.45) is 0 Å². The fourth-order valence-corrected chi connectivity index (χ4v) is 2.36. The van der Waals surface area contributed by atoms with Crippen LogP contribution in [0.1, 0.15) is 12.5 Å². The van der Waals surface area contributed by atoms with Gasteiger partial charge in [-0.15, -0.1) is 0 Å². The van der Waals surface area contributed by atoms with Gasteiger partial charge in [-0.3, -0.25) is 9.78 Å². The highest BCUT2D eigenvalue weighted by atomic mass is 16.5. The molecular formula is C11H14N4O3. The number of aromatic nitrogens is 3. The molecule has 3 rings (SSSR count). The van der Waals surface area contributed by atoms with Crippen LogP contribution in [-0.2, 0) is 4.74 Å². The minimum absolute atomic E-state index is 0.00581. The Kier molecular flexibility index (Phi) is 2.57. The smallest absolute Gasteiger partial charge is 0.261 e. The number of anilines is 1. The predicted molar refractivity (Wildman–Crippen MR) is 65.2 cm³/mol. The Morgan fingerprint density at radius 3 is 3.22 bits per heavy atom. The fraction of sp³-hybridized carbons (Fsp3) is 0.455. The molecule has 0 unspecified atom stereocenters. The molecule has 2 aromatic rings. The number of fused-ring (bicyclic) bond motifs is 1. The average molecular weight is 250 g/mol. The van der Waals surface area contributed by atoms with Crippen LogP contribution in [0.3, 0.4) is 0 Å². The molecule has 0 bridgehead atoms. The molecule has 0 radical (unpaired) electrons. The maximum absolute atomic E-state index is 11.7. The van der Waals surface area contributed by atoms with Crippen molar-refractivity contribution in [3.63, 3.8) is 0 Å².